The van der Waals surface area contributed by atoms with Gasteiger partial charge in [-0.25, -0.2) is 14.1 Å². The van der Waals surface area contributed by atoms with Gasteiger partial charge in [-0.15, -0.1) is 22.7 Å². The van der Waals surface area contributed by atoms with E-state index < -0.39 is 0 Å². The van der Waals surface area contributed by atoms with Crippen LogP contribution < -0.4 is 5.32 Å². The molecule has 1 N–H and O–H groups in total. The van der Waals surface area contributed by atoms with Crippen molar-refractivity contribution >= 4 is 34.4 Å². The molecule has 0 aliphatic heterocycles. The fourth-order valence-electron chi connectivity index (χ4n) is 2.62. The van der Waals surface area contributed by atoms with Gasteiger partial charge in [0.15, 0.2) is 0 Å². The summed E-state index contributed by atoms with van der Waals surface area (Å²) in [6, 6.07) is 11.7. The Balaban J connectivity index is 1.49. The fourth-order valence-corrected chi connectivity index (χ4v) is 4.25. The number of rotatable bonds is 5. The topological polar surface area (TPSA) is 59.8 Å². The molecule has 27 heavy (non-hydrogen) atoms. The van der Waals surface area contributed by atoms with Crippen LogP contribution in [0.3, 0.4) is 0 Å². The van der Waals surface area contributed by atoms with Gasteiger partial charge in [-0.3, -0.25) is 4.79 Å². The van der Waals surface area contributed by atoms with Gasteiger partial charge in [-0.2, -0.15) is 5.10 Å². The summed E-state index contributed by atoms with van der Waals surface area (Å²) in [5.41, 5.74) is 2.15. The number of thiophene rings is 1. The first-order valence-corrected chi connectivity index (χ1v) is 9.95. The van der Waals surface area contributed by atoms with Gasteiger partial charge in [-0.05, 0) is 42.6 Å². The zero-order valence-corrected chi connectivity index (χ0v) is 16.0. The molecule has 136 valence electrons. The average Bonchev–Trinajstić information content (AvgIpc) is 3.37. The summed E-state index contributed by atoms with van der Waals surface area (Å²) >= 11 is 3.15. The molecule has 0 unspecified atom stereocenters. The maximum atomic E-state index is 13.2. The van der Waals surface area contributed by atoms with Gasteiger partial charge in [0.05, 0.1) is 28.4 Å². The van der Waals surface area contributed by atoms with Crippen LogP contribution in [-0.4, -0.2) is 20.7 Å². The van der Waals surface area contributed by atoms with Gasteiger partial charge in [-0.1, -0.05) is 6.07 Å². The lowest BCUT2D eigenvalue weighted by molar-refractivity contribution is -0.115. The number of amides is 1. The number of hydrogen-bond donors (Lipinski definition) is 1. The molecule has 1 amide bonds. The van der Waals surface area contributed by atoms with E-state index >= 15 is 0 Å². The SMILES string of the molecule is Cc1cc(NC(=O)Cc2csc(-c3cccs3)n2)n(-c2ccc(F)cc2)n1. The maximum absolute atomic E-state index is 13.2. The van der Waals surface area contributed by atoms with Crippen molar-refractivity contribution in [2.24, 2.45) is 0 Å². The van der Waals surface area contributed by atoms with E-state index in [9.17, 15) is 9.18 Å². The zero-order chi connectivity index (χ0) is 18.8. The molecule has 0 atom stereocenters. The normalized spacial score (nSPS) is 10.9. The minimum Gasteiger partial charge on any atom is -0.310 e. The van der Waals surface area contributed by atoms with Gasteiger partial charge in [0.25, 0.3) is 0 Å². The second kappa shape index (κ2) is 7.42. The number of carbonyl (C=O) groups excluding carboxylic acids is 1. The van der Waals surface area contributed by atoms with Crippen LogP contribution >= 0.6 is 22.7 Å². The highest BCUT2D eigenvalue weighted by Crippen LogP contribution is 2.28. The molecule has 0 radical (unpaired) electrons. The Morgan fingerprint density at radius 1 is 1.22 bits per heavy atom. The predicted molar refractivity (Wildman–Crippen MR) is 106 cm³/mol. The molecule has 3 heterocycles. The number of nitrogens with one attached hydrogen (secondary N) is 1. The monoisotopic (exact) mass is 398 g/mol. The Kier molecular flexibility index (Phi) is 4.83. The first-order valence-electron chi connectivity index (χ1n) is 8.19. The molecular formula is C19H15FN4OS2. The molecule has 0 spiro atoms. The smallest absolute Gasteiger partial charge is 0.231 e. The molecule has 0 bridgehead atoms. The highest BCUT2D eigenvalue weighted by molar-refractivity contribution is 7.20. The summed E-state index contributed by atoms with van der Waals surface area (Å²) < 4.78 is 14.7. The van der Waals surface area contributed by atoms with Crippen LogP contribution in [0.25, 0.3) is 15.6 Å². The lowest BCUT2D eigenvalue weighted by Gasteiger charge is -2.08. The Bertz CT molecular complexity index is 1070. The molecule has 4 aromatic rings. The van der Waals surface area contributed by atoms with Crippen molar-refractivity contribution in [3.05, 3.63) is 70.4 Å². The summed E-state index contributed by atoms with van der Waals surface area (Å²) in [7, 11) is 0. The summed E-state index contributed by atoms with van der Waals surface area (Å²) in [5.74, 6) is 0.0393. The zero-order valence-electron chi connectivity index (χ0n) is 14.3. The molecule has 0 aliphatic rings. The number of benzene rings is 1. The fraction of sp³-hybridized carbons (Fsp3) is 0.105. The third-order valence-electron chi connectivity index (χ3n) is 3.80. The number of aryl methyl sites for hydroxylation is 1. The molecule has 0 aliphatic carbocycles. The van der Waals surface area contributed by atoms with Gasteiger partial charge in [0, 0.05) is 11.4 Å². The van der Waals surface area contributed by atoms with Crippen LogP contribution in [0.15, 0.2) is 53.2 Å². The quantitative estimate of drug-likeness (QED) is 0.531. The van der Waals surface area contributed by atoms with E-state index in [0.29, 0.717) is 11.5 Å². The number of hydrogen-bond acceptors (Lipinski definition) is 5. The summed E-state index contributed by atoms with van der Waals surface area (Å²) in [6.45, 7) is 1.84. The molecule has 0 saturated heterocycles. The van der Waals surface area contributed by atoms with Gasteiger partial charge in [0.1, 0.15) is 16.6 Å². The Morgan fingerprint density at radius 2 is 2.04 bits per heavy atom. The van der Waals surface area contributed by atoms with Crippen molar-refractivity contribution < 1.29 is 9.18 Å². The van der Waals surface area contributed by atoms with Crippen LogP contribution in [0, 0.1) is 12.7 Å². The molecule has 3 aromatic heterocycles. The maximum Gasteiger partial charge on any atom is 0.231 e. The number of nitrogens with zero attached hydrogens (tertiary/aromatic N) is 3. The average molecular weight is 398 g/mol. The van der Waals surface area contributed by atoms with E-state index in [1.165, 1.54) is 23.5 Å². The highest BCUT2D eigenvalue weighted by atomic mass is 32.1. The van der Waals surface area contributed by atoms with Gasteiger partial charge >= 0.3 is 0 Å². The van der Waals surface area contributed by atoms with Crippen molar-refractivity contribution in [3.8, 4) is 15.6 Å². The van der Waals surface area contributed by atoms with Gasteiger partial charge in [0.2, 0.25) is 5.91 Å². The second-order valence-electron chi connectivity index (χ2n) is 5.91. The molecule has 8 heteroatoms. The highest BCUT2D eigenvalue weighted by Gasteiger charge is 2.14. The minimum absolute atomic E-state index is 0.176. The largest absolute Gasteiger partial charge is 0.310 e. The van der Waals surface area contributed by atoms with Crippen molar-refractivity contribution in [2.45, 2.75) is 13.3 Å². The molecule has 5 nitrogen and oxygen atoms in total. The first-order chi connectivity index (χ1) is 13.1. The van der Waals surface area contributed by atoms with Crippen LogP contribution in [-0.2, 0) is 11.2 Å². The number of aromatic nitrogens is 3. The van der Waals surface area contributed by atoms with Gasteiger partial charge < -0.3 is 5.32 Å². The predicted octanol–water partition coefficient (Wildman–Crippen LogP) is 4.69. The number of anilines is 1. The Morgan fingerprint density at radius 3 is 2.78 bits per heavy atom. The van der Waals surface area contributed by atoms with Crippen LogP contribution in [0.1, 0.15) is 11.4 Å². The van der Waals surface area contributed by atoms with E-state index in [0.717, 1.165) is 21.3 Å². The van der Waals surface area contributed by atoms with Crippen molar-refractivity contribution in [2.75, 3.05) is 5.32 Å². The number of thiazole rings is 1. The summed E-state index contributed by atoms with van der Waals surface area (Å²) in [6.07, 6.45) is 0.176. The van der Waals surface area contributed by atoms with Crippen LogP contribution in [0.4, 0.5) is 10.2 Å². The Hall–Kier alpha value is -2.84. The van der Waals surface area contributed by atoms with Crippen molar-refractivity contribution in [1.82, 2.24) is 14.8 Å². The van der Waals surface area contributed by atoms with E-state index in [1.54, 1.807) is 34.2 Å². The third-order valence-corrected chi connectivity index (χ3v) is 5.73. The molecule has 1 aromatic carbocycles. The minimum atomic E-state index is -0.321. The lowest BCUT2D eigenvalue weighted by atomic mass is 10.3. The molecule has 0 saturated carbocycles. The standard InChI is InChI=1S/C19H15FN4OS2/c1-12-9-17(24(23-12)15-6-4-13(20)5-7-15)22-18(25)10-14-11-27-19(21-14)16-3-2-8-26-16/h2-9,11H,10H2,1H3,(H,22,25). The molecule has 0 fully saturated rings. The van der Waals surface area contributed by atoms with Crippen molar-refractivity contribution in [1.29, 1.82) is 0 Å². The number of carbonyl (C=O) groups is 1. The van der Waals surface area contributed by atoms with Crippen LogP contribution in [0.2, 0.25) is 0 Å². The van der Waals surface area contributed by atoms with E-state index in [-0.39, 0.29) is 18.1 Å². The first kappa shape index (κ1) is 17.6. The van der Waals surface area contributed by atoms with E-state index in [2.05, 4.69) is 15.4 Å². The second-order valence-corrected chi connectivity index (χ2v) is 7.71. The third kappa shape index (κ3) is 3.96. The van der Waals surface area contributed by atoms with Crippen molar-refractivity contribution in [3.63, 3.8) is 0 Å². The number of halogens is 1. The van der Waals surface area contributed by atoms with E-state index in [1.807, 2.05) is 29.8 Å². The summed E-state index contributed by atoms with van der Waals surface area (Å²) in [5, 5.41) is 12.1. The lowest BCUT2D eigenvalue weighted by Crippen LogP contribution is -2.17. The van der Waals surface area contributed by atoms with E-state index in [4.69, 9.17) is 0 Å². The Labute approximate surface area is 163 Å². The molecular weight excluding hydrogens is 383 g/mol. The van der Waals surface area contributed by atoms with Crippen LogP contribution in [0.5, 0.6) is 0 Å². The molecule has 4 rings (SSSR count). The summed E-state index contributed by atoms with van der Waals surface area (Å²) in [4.78, 5) is 18.1.